The Hall–Kier alpha value is -3.56. The summed E-state index contributed by atoms with van der Waals surface area (Å²) in [6.07, 6.45) is 2.20. The molecule has 1 aliphatic carbocycles. The largest absolute Gasteiger partial charge is 0.339 e. The smallest absolute Gasteiger partial charge is 0.270 e. The van der Waals surface area contributed by atoms with Crippen LogP contribution in [0.3, 0.4) is 0 Å². The molecule has 8 nitrogen and oxygen atoms in total. The lowest BCUT2D eigenvalue weighted by Gasteiger charge is -2.28. The Balaban J connectivity index is 1.55. The molecule has 0 aliphatic heterocycles. The molecule has 3 N–H and O–H groups in total. The van der Waals surface area contributed by atoms with E-state index in [-0.39, 0.29) is 12.1 Å². The number of alkyl halides is 2. The average Bonchev–Trinajstić information content (AvgIpc) is 3.33. The zero-order valence-corrected chi connectivity index (χ0v) is 20.1. The number of anilines is 1. The second kappa shape index (κ2) is 9.97. The van der Waals surface area contributed by atoms with Crippen LogP contribution < -0.4 is 10.6 Å². The molecule has 10 heteroatoms. The van der Waals surface area contributed by atoms with Crippen LogP contribution in [0.1, 0.15) is 54.0 Å². The summed E-state index contributed by atoms with van der Waals surface area (Å²) in [5.41, 5.74) is 4.50. The highest BCUT2D eigenvalue weighted by Crippen LogP contribution is 2.37. The molecule has 0 spiro atoms. The number of aromatic amines is 1. The Morgan fingerprint density at radius 3 is 2.54 bits per heavy atom. The van der Waals surface area contributed by atoms with Crippen LogP contribution in [0.5, 0.6) is 0 Å². The third-order valence-corrected chi connectivity index (χ3v) is 6.59. The predicted molar refractivity (Wildman–Crippen MR) is 128 cm³/mol. The SMILES string of the molecule is Cc1n[nH]c(C)c1-c1ccc(NC(=O)[C@@H](NC(=O)c2ccnn2C)[C@H]2CCCCC(F)(F)C2)cc1. The van der Waals surface area contributed by atoms with E-state index < -0.39 is 36.1 Å². The maximum absolute atomic E-state index is 14.4. The second-order valence-corrected chi connectivity index (χ2v) is 9.23. The fourth-order valence-corrected chi connectivity index (χ4v) is 4.79. The molecule has 3 aromatic rings. The van der Waals surface area contributed by atoms with Crippen molar-refractivity contribution >= 4 is 17.5 Å². The zero-order chi connectivity index (χ0) is 25.2. The van der Waals surface area contributed by atoms with E-state index in [1.807, 2.05) is 26.0 Å². The summed E-state index contributed by atoms with van der Waals surface area (Å²) >= 11 is 0. The third kappa shape index (κ3) is 5.58. The summed E-state index contributed by atoms with van der Waals surface area (Å²) in [6.45, 7) is 3.84. The van der Waals surface area contributed by atoms with E-state index in [0.29, 0.717) is 24.9 Å². The number of nitrogens with one attached hydrogen (secondary N) is 3. The molecule has 1 aliphatic rings. The molecule has 0 bridgehead atoms. The molecule has 0 unspecified atom stereocenters. The van der Waals surface area contributed by atoms with Crippen molar-refractivity contribution in [3.63, 3.8) is 0 Å². The molecule has 4 rings (SSSR count). The Morgan fingerprint density at radius 1 is 1.17 bits per heavy atom. The first-order valence-electron chi connectivity index (χ1n) is 11.7. The minimum atomic E-state index is -2.88. The first-order chi connectivity index (χ1) is 16.6. The molecule has 2 heterocycles. The third-order valence-electron chi connectivity index (χ3n) is 6.59. The van der Waals surface area contributed by atoms with Crippen LogP contribution in [0.15, 0.2) is 36.5 Å². The number of hydrogen-bond acceptors (Lipinski definition) is 4. The molecule has 2 aromatic heterocycles. The van der Waals surface area contributed by atoms with Crippen LogP contribution >= 0.6 is 0 Å². The summed E-state index contributed by atoms with van der Waals surface area (Å²) in [6, 6.07) is 7.64. The van der Waals surface area contributed by atoms with E-state index in [9.17, 15) is 18.4 Å². The van der Waals surface area contributed by atoms with Crippen molar-refractivity contribution in [3.05, 3.63) is 53.6 Å². The molecule has 2 amide bonds. The van der Waals surface area contributed by atoms with E-state index in [0.717, 1.165) is 22.5 Å². The normalized spacial score (nSPS) is 18.5. The summed E-state index contributed by atoms with van der Waals surface area (Å²) in [5.74, 6) is -4.62. The number of H-pyrrole nitrogens is 1. The molecule has 1 fully saturated rings. The number of aryl methyl sites for hydroxylation is 3. The van der Waals surface area contributed by atoms with Crippen molar-refractivity contribution in [1.29, 1.82) is 0 Å². The molecule has 35 heavy (non-hydrogen) atoms. The lowest BCUT2D eigenvalue weighted by atomic mass is 9.89. The second-order valence-electron chi connectivity index (χ2n) is 9.23. The van der Waals surface area contributed by atoms with Gasteiger partial charge in [0.05, 0.1) is 5.69 Å². The van der Waals surface area contributed by atoms with Gasteiger partial charge in [-0.25, -0.2) is 8.78 Å². The number of nitrogens with zero attached hydrogens (tertiary/aromatic N) is 3. The Bertz CT molecular complexity index is 1180. The summed E-state index contributed by atoms with van der Waals surface area (Å²) in [5, 5.41) is 16.7. The fraction of sp³-hybridized carbons (Fsp3) is 0.440. The van der Waals surface area contributed by atoms with Crippen LogP contribution in [-0.2, 0) is 11.8 Å². The maximum Gasteiger partial charge on any atom is 0.270 e. The molecule has 1 aromatic carbocycles. The van der Waals surface area contributed by atoms with Crippen LogP contribution in [0.2, 0.25) is 0 Å². The fourth-order valence-electron chi connectivity index (χ4n) is 4.79. The number of halogens is 2. The van der Waals surface area contributed by atoms with Crippen molar-refractivity contribution in [3.8, 4) is 11.1 Å². The van der Waals surface area contributed by atoms with Gasteiger partial charge in [-0.15, -0.1) is 0 Å². The molecule has 0 saturated heterocycles. The quantitative estimate of drug-likeness (QED) is 0.452. The molecule has 2 atom stereocenters. The summed E-state index contributed by atoms with van der Waals surface area (Å²) < 4.78 is 30.2. The van der Waals surface area contributed by atoms with Gasteiger partial charge in [-0.2, -0.15) is 10.2 Å². The van der Waals surface area contributed by atoms with Crippen molar-refractivity contribution in [2.24, 2.45) is 13.0 Å². The average molecular weight is 485 g/mol. The van der Waals surface area contributed by atoms with Crippen LogP contribution in [0, 0.1) is 19.8 Å². The van der Waals surface area contributed by atoms with Crippen molar-refractivity contribution < 1.29 is 18.4 Å². The molecule has 0 radical (unpaired) electrons. The van der Waals surface area contributed by atoms with E-state index in [2.05, 4.69) is 25.9 Å². The summed E-state index contributed by atoms with van der Waals surface area (Å²) in [7, 11) is 1.61. The Kier molecular flexibility index (Phi) is 7.00. The van der Waals surface area contributed by atoms with Gasteiger partial charge in [-0.3, -0.25) is 19.4 Å². The first-order valence-corrected chi connectivity index (χ1v) is 11.7. The predicted octanol–water partition coefficient (Wildman–Crippen LogP) is 4.38. The molecular weight excluding hydrogens is 454 g/mol. The highest BCUT2D eigenvalue weighted by atomic mass is 19.3. The zero-order valence-electron chi connectivity index (χ0n) is 20.1. The van der Waals surface area contributed by atoms with Crippen LogP contribution in [-0.4, -0.2) is 43.8 Å². The van der Waals surface area contributed by atoms with Crippen molar-refractivity contribution in [1.82, 2.24) is 25.3 Å². The van der Waals surface area contributed by atoms with Gasteiger partial charge in [-0.05, 0) is 56.4 Å². The van der Waals surface area contributed by atoms with Gasteiger partial charge in [0.25, 0.3) is 5.91 Å². The number of carbonyl (C=O) groups excluding carboxylic acids is 2. The highest BCUT2D eigenvalue weighted by Gasteiger charge is 2.40. The van der Waals surface area contributed by atoms with Gasteiger partial charge in [0, 0.05) is 43.0 Å². The lowest BCUT2D eigenvalue weighted by molar-refractivity contribution is -0.120. The first kappa shape index (κ1) is 24.6. The number of hydrogen-bond donors (Lipinski definition) is 3. The van der Waals surface area contributed by atoms with Gasteiger partial charge >= 0.3 is 0 Å². The van der Waals surface area contributed by atoms with Crippen molar-refractivity contribution in [2.75, 3.05) is 5.32 Å². The highest BCUT2D eigenvalue weighted by molar-refractivity contribution is 6.00. The maximum atomic E-state index is 14.4. The van der Waals surface area contributed by atoms with Gasteiger partial charge in [0.15, 0.2) is 0 Å². The van der Waals surface area contributed by atoms with Crippen molar-refractivity contribution in [2.45, 2.75) is 57.9 Å². The van der Waals surface area contributed by atoms with Gasteiger partial charge in [0.1, 0.15) is 11.7 Å². The van der Waals surface area contributed by atoms with E-state index in [4.69, 9.17) is 0 Å². The molecule has 186 valence electrons. The number of benzene rings is 1. The standard InChI is InChI=1S/C25H30F2N6O2/c1-15-21(16(2)32-31-15)17-7-9-19(10-8-17)29-24(35)22(18-6-4-5-12-25(26,27)14-18)30-23(34)20-11-13-28-33(20)3/h7-11,13,18,22H,4-6,12,14H2,1-3H3,(H,29,35)(H,30,34)(H,31,32)/t18-,22-/m0/s1. The molecular formula is C25H30F2N6O2. The minimum Gasteiger partial charge on any atom is -0.339 e. The number of carbonyl (C=O) groups is 2. The Labute approximate surface area is 202 Å². The van der Waals surface area contributed by atoms with Gasteiger partial charge in [0.2, 0.25) is 11.8 Å². The monoisotopic (exact) mass is 484 g/mol. The van der Waals surface area contributed by atoms with E-state index in [1.165, 1.54) is 16.9 Å². The number of amides is 2. The van der Waals surface area contributed by atoms with Gasteiger partial charge < -0.3 is 10.6 Å². The Morgan fingerprint density at radius 2 is 1.91 bits per heavy atom. The van der Waals surface area contributed by atoms with E-state index >= 15 is 0 Å². The topological polar surface area (TPSA) is 105 Å². The van der Waals surface area contributed by atoms with Gasteiger partial charge in [-0.1, -0.05) is 18.6 Å². The summed E-state index contributed by atoms with van der Waals surface area (Å²) in [4.78, 5) is 26.2. The van der Waals surface area contributed by atoms with E-state index in [1.54, 1.807) is 19.2 Å². The number of rotatable bonds is 6. The van der Waals surface area contributed by atoms with Crippen LogP contribution in [0.4, 0.5) is 14.5 Å². The number of aromatic nitrogens is 4. The minimum absolute atomic E-state index is 0.207. The van der Waals surface area contributed by atoms with Crippen LogP contribution in [0.25, 0.3) is 11.1 Å². The molecule has 1 saturated carbocycles. The lowest BCUT2D eigenvalue weighted by Crippen LogP contribution is -2.49.